The molecule has 3 aromatic rings. The van der Waals surface area contributed by atoms with Crippen molar-refractivity contribution < 1.29 is 14.3 Å². The first-order chi connectivity index (χ1) is 15.8. The fraction of sp³-hybridized carbons (Fsp3) is 0.214. The average Bonchev–Trinajstić information content (AvgIpc) is 3.01. The lowest BCUT2D eigenvalue weighted by Gasteiger charge is -2.16. The van der Waals surface area contributed by atoms with Gasteiger partial charge in [-0.15, -0.1) is 0 Å². The number of imide groups is 1. The van der Waals surface area contributed by atoms with Crippen molar-refractivity contribution in [2.75, 3.05) is 5.32 Å². The van der Waals surface area contributed by atoms with Gasteiger partial charge in [0.05, 0.1) is 18.2 Å². The van der Waals surface area contributed by atoms with E-state index in [-0.39, 0.29) is 30.2 Å². The van der Waals surface area contributed by atoms with Crippen LogP contribution in [0.25, 0.3) is 5.57 Å². The quantitative estimate of drug-likeness (QED) is 0.494. The normalized spacial score (nSPS) is 13.8. The van der Waals surface area contributed by atoms with Gasteiger partial charge in [-0.1, -0.05) is 59.7 Å². The molecule has 5 nitrogen and oxygen atoms in total. The summed E-state index contributed by atoms with van der Waals surface area (Å²) in [5, 5.41) is 3.20. The summed E-state index contributed by atoms with van der Waals surface area (Å²) >= 11 is 0. The molecule has 5 heteroatoms. The highest BCUT2D eigenvalue weighted by molar-refractivity contribution is 6.36. The lowest BCUT2D eigenvalue weighted by Crippen LogP contribution is -2.32. The Labute approximate surface area is 194 Å². The van der Waals surface area contributed by atoms with Gasteiger partial charge >= 0.3 is 0 Å². The minimum atomic E-state index is -0.335. The highest BCUT2D eigenvalue weighted by Gasteiger charge is 2.39. The van der Waals surface area contributed by atoms with E-state index in [4.69, 9.17) is 4.74 Å². The molecule has 1 aliphatic heterocycles. The first-order valence-electron chi connectivity index (χ1n) is 11.1. The van der Waals surface area contributed by atoms with Crippen molar-refractivity contribution >= 4 is 23.1 Å². The minimum absolute atomic E-state index is 0.0496. The van der Waals surface area contributed by atoms with Crippen molar-refractivity contribution in [3.05, 3.63) is 101 Å². The van der Waals surface area contributed by atoms with Crippen molar-refractivity contribution in [3.8, 4) is 5.75 Å². The van der Waals surface area contributed by atoms with Crippen LogP contribution in [0.1, 0.15) is 36.1 Å². The molecule has 0 aromatic heterocycles. The maximum absolute atomic E-state index is 13.5. The summed E-state index contributed by atoms with van der Waals surface area (Å²) in [6.07, 6.45) is 0.0496. The molecule has 0 spiro atoms. The molecule has 1 heterocycles. The molecule has 0 bridgehead atoms. The van der Waals surface area contributed by atoms with E-state index in [1.165, 1.54) is 4.90 Å². The lowest BCUT2D eigenvalue weighted by atomic mass is 10.0. The van der Waals surface area contributed by atoms with Crippen LogP contribution >= 0.6 is 0 Å². The molecule has 168 valence electrons. The lowest BCUT2D eigenvalue weighted by molar-refractivity contribution is -0.137. The molecule has 1 aliphatic rings. The Morgan fingerprint density at radius 3 is 1.94 bits per heavy atom. The van der Waals surface area contributed by atoms with Gasteiger partial charge in [0.25, 0.3) is 11.8 Å². The van der Waals surface area contributed by atoms with Crippen LogP contribution in [-0.4, -0.2) is 22.8 Å². The molecule has 0 saturated heterocycles. The van der Waals surface area contributed by atoms with E-state index >= 15 is 0 Å². The zero-order chi connectivity index (χ0) is 23.5. The fourth-order valence-corrected chi connectivity index (χ4v) is 3.73. The Hall–Kier alpha value is -3.86. The largest absolute Gasteiger partial charge is 0.491 e. The summed E-state index contributed by atoms with van der Waals surface area (Å²) in [6, 6.07) is 22.9. The molecule has 0 aliphatic carbocycles. The summed E-state index contributed by atoms with van der Waals surface area (Å²) in [7, 11) is 0. The Morgan fingerprint density at radius 1 is 0.788 bits per heavy atom. The number of benzene rings is 3. The summed E-state index contributed by atoms with van der Waals surface area (Å²) in [4.78, 5) is 28.2. The van der Waals surface area contributed by atoms with Gasteiger partial charge in [0, 0.05) is 5.69 Å². The van der Waals surface area contributed by atoms with Gasteiger partial charge in [-0.2, -0.15) is 0 Å². The predicted octanol–water partition coefficient (Wildman–Crippen LogP) is 5.48. The van der Waals surface area contributed by atoms with Gasteiger partial charge in [-0.05, 0) is 63.1 Å². The molecule has 0 radical (unpaired) electrons. The van der Waals surface area contributed by atoms with Crippen molar-refractivity contribution in [1.82, 2.24) is 4.90 Å². The number of carbonyl (C=O) groups is 2. The Bertz CT molecular complexity index is 1190. The van der Waals surface area contributed by atoms with Crippen molar-refractivity contribution in [2.45, 2.75) is 40.3 Å². The van der Waals surface area contributed by atoms with E-state index in [1.807, 2.05) is 100 Å². The third-order valence-electron chi connectivity index (χ3n) is 5.47. The van der Waals surface area contributed by atoms with Gasteiger partial charge in [0.1, 0.15) is 11.4 Å². The van der Waals surface area contributed by atoms with Crippen LogP contribution in [0.4, 0.5) is 5.69 Å². The van der Waals surface area contributed by atoms with Crippen LogP contribution < -0.4 is 10.1 Å². The monoisotopic (exact) mass is 440 g/mol. The number of anilines is 1. The van der Waals surface area contributed by atoms with Gasteiger partial charge in [-0.3, -0.25) is 14.5 Å². The maximum Gasteiger partial charge on any atom is 0.278 e. The maximum atomic E-state index is 13.5. The number of hydrogen-bond acceptors (Lipinski definition) is 4. The molecule has 4 rings (SSSR count). The van der Waals surface area contributed by atoms with E-state index in [0.29, 0.717) is 11.1 Å². The zero-order valence-corrected chi connectivity index (χ0v) is 19.4. The molecular weight excluding hydrogens is 412 g/mol. The molecule has 2 amide bonds. The zero-order valence-electron chi connectivity index (χ0n) is 19.4. The van der Waals surface area contributed by atoms with E-state index < -0.39 is 0 Å². The molecule has 0 unspecified atom stereocenters. The summed E-state index contributed by atoms with van der Waals surface area (Å²) in [5.41, 5.74) is 5.22. The van der Waals surface area contributed by atoms with Crippen molar-refractivity contribution in [3.63, 3.8) is 0 Å². The van der Waals surface area contributed by atoms with Crippen LogP contribution in [0.2, 0.25) is 0 Å². The first kappa shape index (κ1) is 22.3. The molecule has 0 saturated carbocycles. The Balaban J connectivity index is 1.70. The molecule has 0 atom stereocenters. The predicted molar refractivity (Wildman–Crippen MR) is 131 cm³/mol. The SMILES string of the molecule is Cc1ccc(CN2C(=O)C(Nc3ccc(C)cc3)=C(c3ccc(OC(C)C)cc3)C2=O)cc1. The first-order valence-corrected chi connectivity index (χ1v) is 11.1. The van der Waals surface area contributed by atoms with Gasteiger partial charge in [0.2, 0.25) is 0 Å². The number of nitrogens with zero attached hydrogens (tertiary/aromatic N) is 1. The smallest absolute Gasteiger partial charge is 0.278 e. The number of nitrogens with one attached hydrogen (secondary N) is 1. The van der Waals surface area contributed by atoms with Crippen LogP contribution in [0, 0.1) is 13.8 Å². The Morgan fingerprint density at radius 2 is 1.36 bits per heavy atom. The second-order valence-corrected chi connectivity index (χ2v) is 8.61. The molecular formula is C28H28N2O3. The number of hydrogen-bond donors (Lipinski definition) is 1. The van der Waals surface area contributed by atoms with E-state index in [0.717, 1.165) is 28.1 Å². The number of ether oxygens (including phenoxy) is 1. The van der Waals surface area contributed by atoms with E-state index in [9.17, 15) is 9.59 Å². The van der Waals surface area contributed by atoms with Crippen molar-refractivity contribution in [2.24, 2.45) is 0 Å². The second kappa shape index (κ2) is 9.33. The topological polar surface area (TPSA) is 58.6 Å². The third kappa shape index (κ3) is 4.98. The van der Waals surface area contributed by atoms with E-state index in [2.05, 4.69) is 5.32 Å². The highest BCUT2D eigenvalue weighted by atomic mass is 16.5. The van der Waals surface area contributed by atoms with Crippen molar-refractivity contribution in [1.29, 1.82) is 0 Å². The molecule has 3 aromatic carbocycles. The van der Waals surface area contributed by atoms with Crippen LogP contribution in [0.3, 0.4) is 0 Å². The van der Waals surface area contributed by atoms with E-state index in [1.54, 1.807) is 0 Å². The summed E-state index contributed by atoms with van der Waals surface area (Å²) < 4.78 is 5.73. The number of aryl methyl sites for hydroxylation is 2. The van der Waals surface area contributed by atoms with Gasteiger partial charge in [0.15, 0.2) is 0 Å². The van der Waals surface area contributed by atoms with Crippen LogP contribution in [0.15, 0.2) is 78.5 Å². The Kier molecular flexibility index (Phi) is 6.31. The van der Waals surface area contributed by atoms with Crippen LogP contribution in [0.5, 0.6) is 5.75 Å². The van der Waals surface area contributed by atoms with Crippen LogP contribution in [-0.2, 0) is 16.1 Å². The highest BCUT2D eigenvalue weighted by Crippen LogP contribution is 2.32. The molecule has 1 N–H and O–H groups in total. The number of carbonyl (C=O) groups excluding carboxylic acids is 2. The number of rotatable bonds is 7. The number of amides is 2. The van der Waals surface area contributed by atoms with Gasteiger partial charge in [-0.25, -0.2) is 0 Å². The summed E-state index contributed by atoms with van der Waals surface area (Å²) in [6.45, 7) is 8.15. The molecule has 33 heavy (non-hydrogen) atoms. The second-order valence-electron chi connectivity index (χ2n) is 8.61. The molecule has 0 fully saturated rings. The fourth-order valence-electron chi connectivity index (χ4n) is 3.73. The van der Waals surface area contributed by atoms with Gasteiger partial charge < -0.3 is 10.1 Å². The standard InChI is InChI=1S/C28H28N2O3/c1-18(2)33-24-15-11-22(12-16-24)25-26(29-23-13-7-20(4)8-14-23)28(32)30(27(25)31)17-21-9-5-19(3)6-10-21/h5-16,18,29H,17H2,1-4H3. The summed E-state index contributed by atoms with van der Waals surface area (Å²) in [5.74, 6) is 0.0713. The third-order valence-corrected chi connectivity index (χ3v) is 5.47. The average molecular weight is 441 g/mol. The minimum Gasteiger partial charge on any atom is -0.491 e.